The number of aryl methyl sites for hydroxylation is 1. The van der Waals surface area contributed by atoms with Crippen LogP contribution in [0, 0.1) is 6.92 Å². The molecule has 0 radical (unpaired) electrons. The summed E-state index contributed by atoms with van der Waals surface area (Å²) in [6.45, 7) is 2.03. The molecule has 9 heteroatoms. The Morgan fingerprint density at radius 3 is 2.86 bits per heavy atom. The lowest BCUT2D eigenvalue weighted by molar-refractivity contribution is 0.373. The number of hydrazine groups is 1. The van der Waals surface area contributed by atoms with Crippen LogP contribution < -0.4 is 16.0 Å². The molecule has 0 unspecified atom stereocenters. The van der Waals surface area contributed by atoms with E-state index in [0.29, 0.717) is 10.3 Å². The monoisotopic (exact) mass is 303 g/mol. The average Bonchev–Trinajstić information content (AvgIpc) is 2.87. The second kappa shape index (κ2) is 5.54. The minimum Gasteiger partial charge on any atom is -0.467 e. The number of imidazole rings is 1. The zero-order valence-corrected chi connectivity index (χ0v) is 12.2. The van der Waals surface area contributed by atoms with E-state index >= 15 is 0 Å². The van der Waals surface area contributed by atoms with E-state index in [9.17, 15) is 0 Å². The van der Waals surface area contributed by atoms with E-state index < -0.39 is 0 Å². The Morgan fingerprint density at radius 1 is 1.24 bits per heavy atom. The van der Waals surface area contributed by atoms with Gasteiger partial charge in [0.15, 0.2) is 5.16 Å². The van der Waals surface area contributed by atoms with Gasteiger partial charge in [0.25, 0.3) is 0 Å². The molecule has 108 valence electrons. The van der Waals surface area contributed by atoms with Crippen molar-refractivity contribution in [3.05, 3.63) is 23.8 Å². The van der Waals surface area contributed by atoms with E-state index in [-0.39, 0.29) is 12.0 Å². The van der Waals surface area contributed by atoms with Crippen LogP contribution in [0.2, 0.25) is 0 Å². The van der Waals surface area contributed by atoms with E-state index in [1.165, 1.54) is 24.4 Å². The minimum atomic E-state index is 0.187. The number of anilines is 1. The van der Waals surface area contributed by atoms with Crippen molar-refractivity contribution in [1.82, 2.24) is 24.9 Å². The van der Waals surface area contributed by atoms with Gasteiger partial charge >= 0.3 is 6.01 Å². The van der Waals surface area contributed by atoms with Gasteiger partial charge in [-0.15, -0.1) is 0 Å². The third kappa shape index (κ3) is 2.88. The number of methoxy groups -OCH3 is 1. The fourth-order valence-electron chi connectivity index (χ4n) is 1.77. The zero-order chi connectivity index (χ0) is 14.8. The molecule has 8 nitrogen and oxygen atoms in total. The molecular formula is C12H13N7OS. The molecule has 0 fully saturated rings. The van der Waals surface area contributed by atoms with Crippen LogP contribution in [0.5, 0.6) is 6.01 Å². The number of aromatic nitrogens is 5. The number of benzene rings is 1. The average molecular weight is 303 g/mol. The van der Waals surface area contributed by atoms with Crippen molar-refractivity contribution in [2.75, 3.05) is 12.5 Å². The van der Waals surface area contributed by atoms with E-state index in [1.54, 1.807) is 0 Å². The molecule has 0 aliphatic heterocycles. The molecule has 0 atom stereocenters. The Bertz CT molecular complexity index is 766. The second-order valence-electron chi connectivity index (χ2n) is 4.24. The van der Waals surface area contributed by atoms with Gasteiger partial charge in [0.05, 0.1) is 18.1 Å². The standard InChI is InChI=1S/C12H13N7OS/c1-6-3-4-7-8(5-6)15-11(14-7)21-12-17-9(19-13)16-10(18-12)20-2/h3-5H,13H2,1-2H3,(H,14,15)(H,16,17,18,19). The van der Waals surface area contributed by atoms with Crippen LogP contribution in [0.1, 0.15) is 5.56 Å². The van der Waals surface area contributed by atoms with Crippen LogP contribution in [0.3, 0.4) is 0 Å². The number of nitrogens with zero attached hydrogens (tertiary/aromatic N) is 4. The van der Waals surface area contributed by atoms with Crippen LogP contribution in [0.25, 0.3) is 11.0 Å². The highest BCUT2D eigenvalue weighted by molar-refractivity contribution is 7.99. The number of nitrogens with two attached hydrogens (primary N) is 1. The molecule has 3 aromatic rings. The number of hydrogen-bond acceptors (Lipinski definition) is 8. The summed E-state index contributed by atoms with van der Waals surface area (Å²) in [7, 11) is 1.48. The summed E-state index contributed by atoms with van der Waals surface area (Å²) >= 11 is 1.27. The molecule has 3 rings (SSSR count). The summed E-state index contributed by atoms with van der Waals surface area (Å²) in [5.41, 5.74) is 5.40. The number of fused-ring (bicyclic) bond motifs is 1. The predicted molar refractivity (Wildman–Crippen MR) is 79.1 cm³/mol. The number of H-pyrrole nitrogens is 1. The maximum absolute atomic E-state index is 5.32. The second-order valence-corrected chi connectivity index (χ2v) is 5.19. The molecule has 4 N–H and O–H groups in total. The first-order valence-electron chi connectivity index (χ1n) is 6.09. The minimum absolute atomic E-state index is 0.187. The molecule has 0 aliphatic rings. The quantitative estimate of drug-likeness (QED) is 0.490. The number of rotatable bonds is 4. The van der Waals surface area contributed by atoms with Crippen molar-refractivity contribution >= 4 is 28.7 Å². The lowest BCUT2D eigenvalue weighted by Crippen LogP contribution is -2.12. The molecule has 1 aromatic carbocycles. The summed E-state index contributed by atoms with van der Waals surface area (Å²) in [6.07, 6.45) is 0. The summed E-state index contributed by atoms with van der Waals surface area (Å²) < 4.78 is 5.01. The largest absolute Gasteiger partial charge is 0.467 e. The van der Waals surface area contributed by atoms with Gasteiger partial charge in [-0.1, -0.05) is 6.07 Å². The van der Waals surface area contributed by atoms with Gasteiger partial charge < -0.3 is 9.72 Å². The topological polar surface area (TPSA) is 115 Å². The third-order valence-electron chi connectivity index (χ3n) is 2.71. The maximum atomic E-state index is 5.32. The molecule has 21 heavy (non-hydrogen) atoms. The van der Waals surface area contributed by atoms with E-state index in [1.807, 2.05) is 25.1 Å². The van der Waals surface area contributed by atoms with Crippen molar-refractivity contribution in [3.8, 4) is 6.01 Å². The molecular weight excluding hydrogens is 290 g/mol. The van der Waals surface area contributed by atoms with Crippen LogP contribution in [-0.2, 0) is 0 Å². The van der Waals surface area contributed by atoms with Gasteiger partial charge in [-0.3, -0.25) is 5.43 Å². The highest BCUT2D eigenvalue weighted by Gasteiger charge is 2.10. The van der Waals surface area contributed by atoms with Crippen LogP contribution >= 0.6 is 11.8 Å². The van der Waals surface area contributed by atoms with Crippen LogP contribution in [0.4, 0.5) is 5.95 Å². The Hall–Kier alpha value is -2.39. The van der Waals surface area contributed by atoms with Crippen molar-refractivity contribution in [3.63, 3.8) is 0 Å². The number of nitrogens with one attached hydrogen (secondary N) is 2. The van der Waals surface area contributed by atoms with Crippen LogP contribution in [-0.4, -0.2) is 32.0 Å². The Kier molecular flexibility index (Phi) is 3.59. The fourth-order valence-corrected chi connectivity index (χ4v) is 2.51. The van der Waals surface area contributed by atoms with E-state index in [2.05, 4.69) is 30.3 Å². The van der Waals surface area contributed by atoms with Gasteiger partial charge in [0.2, 0.25) is 11.1 Å². The summed E-state index contributed by atoms with van der Waals surface area (Å²) in [5, 5.41) is 1.12. The summed E-state index contributed by atoms with van der Waals surface area (Å²) in [5.74, 6) is 5.56. The molecule has 0 aliphatic carbocycles. The highest BCUT2D eigenvalue weighted by atomic mass is 32.2. The first-order valence-corrected chi connectivity index (χ1v) is 6.90. The van der Waals surface area contributed by atoms with Crippen molar-refractivity contribution in [1.29, 1.82) is 0 Å². The third-order valence-corrected chi connectivity index (χ3v) is 3.46. The fraction of sp³-hybridized carbons (Fsp3) is 0.167. The number of ether oxygens (including phenoxy) is 1. The predicted octanol–water partition coefficient (Wildman–Crippen LogP) is 1.50. The lowest BCUT2D eigenvalue weighted by Gasteiger charge is -2.03. The Morgan fingerprint density at radius 2 is 2.10 bits per heavy atom. The number of hydrogen-bond donors (Lipinski definition) is 3. The van der Waals surface area contributed by atoms with E-state index in [4.69, 9.17) is 10.6 Å². The summed E-state index contributed by atoms with van der Waals surface area (Å²) in [4.78, 5) is 19.9. The summed E-state index contributed by atoms with van der Waals surface area (Å²) in [6, 6.07) is 6.20. The maximum Gasteiger partial charge on any atom is 0.322 e. The first-order chi connectivity index (χ1) is 10.2. The highest BCUT2D eigenvalue weighted by Crippen LogP contribution is 2.26. The molecule has 0 amide bonds. The zero-order valence-electron chi connectivity index (χ0n) is 11.4. The SMILES string of the molecule is COc1nc(NN)nc(Sc2nc3ccc(C)cc3[nH]2)n1. The Balaban J connectivity index is 1.94. The molecule has 0 spiro atoms. The smallest absolute Gasteiger partial charge is 0.322 e. The van der Waals surface area contributed by atoms with Crippen LogP contribution in [0.15, 0.2) is 28.5 Å². The number of nitrogen functional groups attached to an aromatic ring is 1. The molecule has 2 aromatic heterocycles. The molecule has 0 saturated carbocycles. The van der Waals surface area contributed by atoms with Gasteiger partial charge in [-0.05, 0) is 36.4 Å². The number of aromatic amines is 1. The van der Waals surface area contributed by atoms with Gasteiger partial charge in [-0.25, -0.2) is 10.8 Å². The van der Waals surface area contributed by atoms with Gasteiger partial charge in [0.1, 0.15) is 0 Å². The molecule has 0 bridgehead atoms. The molecule has 2 heterocycles. The van der Waals surface area contributed by atoms with Gasteiger partial charge in [0, 0.05) is 0 Å². The Labute approximate surface area is 124 Å². The van der Waals surface area contributed by atoms with Crippen molar-refractivity contribution < 1.29 is 4.74 Å². The van der Waals surface area contributed by atoms with E-state index in [0.717, 1.165) is 11.0 Å². The normalized spacial score (nSPS) is 10.8. The van der Waals surface area contributed by atoms with Gasteiger partial charge in [-0.2, -0.15) is 15.0 Å². The first kappa shape index (κ1) is 13.6. The van der Waals surface area contributed by atoms with Crippen molar-refractivity contribution in [2.45, 2.75) is 17.2 Å². The molecule has 0 saturated heterocycles. The van der Waals surface area contributed by atoms with Crippen molar-refractivity contribution in [2.24, 2.45) is 5.84 Å². The lowest BCUT2D eigenvalue weighted by atomic mass is 10.2.